The van der Waals surface area contributed by atoms with E-state index in [9.17, 15) is 13.6 Å². The van der Waals surface area contributed by atoms with E-state index in [2.05, 4.69) is 10.3 Å². The summed E-state index contributed by atoms with van der Waals surface area (Å²) in [5, 5.41) is 2.22. The number of amides is 1. The summed E-state index contributed by atoms with van der Waals surface area (Å²) in [5.41, 5.74) is 5.20. The Hall–Kier alpha value is -2.50. The smallest absolute Gasteiger partial charge is 0.274 e. The SMILES string of the molecule is Nc1cccc(C(=O)Nc2cc(F)ccc2F)n1. The molecule has 0 radical (unpaired) electrons. The quantitative estimate of drug-likeness (QED) is 0.857. The van der Waals surface area contributed by atoms with Crippen molar-refractivity contribution in [2.45, 2.75) is 0 Å². The lowest BCUT2D eigenvalue weighted by Gasteiger charge is -2.06. The van der Waals surface area contributed by atoms with Crippen molar-refractivity contribution in [3.8, 4) is 0 Å². The van der Waals surface area contributed by atoms with Crippen LogP contribution in [-0.2, 0) is 0 Å². The van der Waals surface area contributed by atoms with Gasteiger partial charge in [-0.2, -0.15) is 0 Å². The van der Waals surface area contributed by atoms with Crippen LogP contribution in [0.25, 0.3) is 0 Å². The molecule has 92 valence electrons. The molecule has 18 heavy (non-hydrogen) atoms. The zero-order chi connectivity index (χ0) is 13.1. The van der Waals surface area contributed by atoms with Gasteiger partial charge in [0, 0.05) is 6.07 Å². The molecule has 6 heteroatoms. The highest BCUT2D eigenvalue weighted by Crippen LogP contribution is 2.16. The molecule has 2 rings (SSSR count). The maximum Gasteiger partial charge on any atom is 0.274 e. The second-order valence-corrected chi connectivity index (χ2v) is 3.53. The van der Waals surface area contributed by atoms with E-state index in [0.717, 1.165) is 18.2 Å². The van der Waals surface area contributed by atoms with Gasteiger partial charge in [0.1, 0.15) is 23.1 Å². The van der Waals surface area contributed by atoms with Crippen molar-refractivity contribution < 1.29 is 13.6 Å². The molecule has 0 unspecified atom stereocenters. The third-order valence-corrected chi connectivity index (χ3v) is 2.18. The van der Waals surface area contributed by atoms with Crippen molar-refractivity contribution in [3.63, 3.8) is 0 Å². The summed E-state index contributed by atoms with van der Waals surface area (Å²) in [4.78, 5) is 15.5. The molecule has 4 nitrogen and oxygen atoms in total. The number of benzene rings is 1. The Kier molecular flexibility index (Phi) is 3.18. The number of carbonyl (C=O) groups excluding carboxylic acids is 1. The fraction of sp³-hybridized carbons (Fsp3) is 0. The molecule has 2 aromatic rings. The van der Waals surface area contributed by atoms with Gasteiger partial charge < -0.3 is 11.1 Å². The normalized spacial score (nSPS) is 10.1. The Bertz CT molecular complexity index is 602. The first-order chi connectivity index (χ1) is 8.56. The van der Waals surface area contributed by atoms with Crippen LogP contribution in [0.15, 0.2) is 36.4 Å². The zero-order valence-corrected chi connectivity index (χ0v) is 9.15. The standard InChI is InChI=1S/C12H9F2N3O/c13-7-4-5-8(14)10(6-7)17-12(18)9-2-1-3-11(15)16-9/h1-6H,(H2,15,16)(H,17,18). The lowest BCUT2D eigenvalue weighted by atomic mass is 10.2. The van der Waals surface area contributed by atoms with Gasteiger partial charge in [-0.3, -0.25) is 4.79 Å². The lowest BCUT2D eigenvalue weighted by Crippen LogP contribution is -2.15. The molecule has 0 aliphatic rings. The van der Waals surface area contributed by atoms with Gasteiger partial charge in [-0.1, -0.05) is 6.07 Å². The molecule has 1 amide bonds. The van der Waals surface area contributed by atoms with Gasteiger partial charge in [-0.05, 0) is 24.3 Å². The Morgan fingerprint density at radius 2 is 2.00 bits per heavy atom. The molecular weight excluding hydrogens is 240 g/mol. The first kappa shape index (κ1) is 12.0. The van der Waals surface area contributed by atoms with Gasteiger partial charge in [0.15, 0.2) is 0 Å². The van der Waals surface area contributed by atoms with E-state index < -0.39 is 17.5 Å². The molecule has 0 spiro atoms. The lowest BCUT2D eigenvalue weighted by molar-refractivity contribution is 0.102. The van der Waals surface area contributed by atoms with Crippen LogP contribution in [0.2, 0.25) is 0 Å². The highest BCUT2D eigenvalue weighted by molar-refractivity contribution is 6.03. The summed E-state index contributed by atoms with van der Waals surface area (Å²) in [7, 11) is 0. The molecule has 1 aromatic carbocycles. The highest BCUT2D eigenvalue weighted by atomic mass is 19.1. The van der Waals surface area contributed by atoms with Gasteiger partial charge in [0.05, 0.1) is 5.69 Å². The average molecular weight is 249 g/mol. The molecule has 1 aromatic heterocycles. The second-order valence-electron chi connectivity index (χ2n) is 3.53. The van der Waals surface area contributed by atoms with Crippen LogP contribution in [0, 0.1) is 11.6 Å². The Morgan fingerprint density at radius 1 is 1.22 bits per heavy atom. The molecule has 0 aliphatic heterocycles. The minimum absolute atomic E-state index is 0.0265. The first-order valence-electron chi connectivity index (χ1n) is 5.05. The summed E-state index contributed by atoms with van der Waals surface area (Å²) in [6, 6.07) is 7.25. The van der Waals surface area contributed by atoms with E-state index in [1.807, 2.05) is 0 Å². The molecule has 0 bridgehead atoms. The zero-order valence-electron chi connectivity index (χ0n) is 9.15. The van der Waals surface area contributed by atoms with Crippen molar-refractivity contribution in [2.75, 3.05) is 11.1 Å². The van der Waals surface area contributed by atoms with E-state index in [0.29, 0.717) is 0 Å². The van der Waals surface area contributed by atoms with E-state index >= 15 is 0 Å². The van der Waals surface area contributed by atoms with Crippen LogP contribution in [-0.4, -0.2) is 10.9 Å². The molecule has 0 saturated carbocycles. The van der Waals surface area contributed by atoms with Gasteiger partial charge in [-0.15, -0.1) is 0 Å². The second kappa shape index (κ2) is 4.79. The van der Waals surface area contributed by atoms with Gasteiger partial charge in [-0.25, -0.2) is 13.8 Å². The third-order valence-electron chi connectivity index (χ3n) is 2.18. The number of nitrogens with two attached hydrogens (primary N) is 1. The maximum absolute atomic E-state index is 13.3. The number of rotatable bonds is 2. The third kappa shape index (κ3) is 2.60. The Morgan fingerprint density at radius 3 is 2.72 bits per heavy atom. The summed E-state index contributed by atoms with van der Waals surface area (Å²) >= 11 is 0. The minimum atomic E-state index is -0.728. The van der Waals surface area contributed by atoms with E-state index in [1.54, 1.807) is 6.07 Å². The van der Waals surface area contributed by atoms with Gasteiger partial charge >= 0.3 is 0 Å². The van der Waals surface area contributed by atoms with Crippen molar-refractivity contribution in [1.82, 2.24) is 4.98 Å². The highest BCUT2D eigenvalue weighted by Gasteiger charge is 2.11. The van der Waals surface area contributed by atoms with Crippen molar-refractivity contribution in [2.24, 2.45) is 0 Å². The fourth-order valence-electron chi connectivity index (χ4n) is 1.36. The number of nitrogens with one attached hydrogen (secondary N) is 1. The van der Waals surface area contributed by atoms with Gasteiger partial charge in [0.25, 0.3) is 5.91 Å². The summed E-state index contributed by atoms with van der Waals surface area (Å²) < 4.78 is 26.2. The van der Waals surface area contributed by atoms with Crippen molar-refractivity contribution in [3.05, 3.63) is 53.7 Å². The predicted molar refractivity (Wildman–Crippen MR) is 63.0 cm³/mol. The number of anilines is 2. The number of halogens is 2. The van der Waals surface area contributed by atoms with Crippen LogP contribution >= 0.6 is 0 Å². The summed E-state index contributed by atoms with van der Waals surface area (Å²) in [5.74, 6) is -1.87. The van der Waals surface area contributed by atoms with Crippen LogP contribution in [0.1, 0.15) is 10.5 Å². The first-order valence-corrected chi connectivity index (χ1v) is 5.05. The minimum Gasteiger partial charge on any atom is -0.384 e. The van der Waals surface area contributed by atoms with E-state index in [1.165, 1.54) is 12.1 Å². The maximum atomic E-state index is 13.3. The molecule has 0 fully saturated rings. The Labute approximate surface area is 101 Å². The van der Waals surface area contributed by atoms with Gasteiger partial charge in [0.2, 0.25) is 0 Å². The molecule has 3 N–H and O–H groups in total. The van der Waals surface area contributed by atoms with Crippen molar-refractivity contribution in [1.29, 1.82) is 0 Å². The molecule has 1 heterocycles. The average Bonchev–Trinajstić information content (AvgIpc) is 2.34. The molecule has 0 atom stereocenters. The van der Waals surface area contributed by atoms with E-state index in [4.69, 9.17) is 5.73 Å². The number of hydrogen-bond donors (Lipinski definition) is 2. The van der Waals surface area contributed by atoms with Crippen LogP contribution in [0.5, 0.6) is 0 Å². The van der Waals surface area contributed by atoms with Crippen LogP contribution in [0.3, 0.4) is 0 Å². The number of nitrogens with zero attached hydrogens (tertiary/aromatic N) is 1. The predicted octanol–water partition coefficient (Wildman–Crippen LogP) is 2.19. The number of hydrogen-bond acceptors (Lipinski definition) is 3. The number of aromatic nitrogens is 1. The molecular formula is C12H9F2N3O. The fourth-order valence-corrected chi connectivity index (χ4v) is 1.36. The number of carbonyl (C=O) groups is 1. The van der Waals surface area contributed by atoms with Crippen molar-refractivity contribution >= 4 is 17.4 Å². The number of pyridine rings is 1. The molecule has 0 saturated heterocycles. The number of nitrogen functional groups attached to an aromatic ring is 1. The largest absolute Gasteiger partial charge is 0.384 e. The van der Waals surface area contributed by atoms with Crippen LogP contribution < -0.4 is 11.1 Å². The topological polar surface area (TPSA) is 68.0 Å². The Balaban J connectivity index is 2.24. The van der Waals surface area contributed by atoms with Crippen LogP contribution in [0.4, 0.5) is 20.3 Å². The monoisotopic (exact) mass is 249 g/mol. The summed E-state index contributed by atoms with van der Waals surface area (Å²) in [6.07, 6.45) is 0. The van der Waals surface area contributed by atoms with E-state index in [-0.39, 0.29) is 17.2 Å². The molecule has 0 aliphatic carbocycles. The summed E-state index contributed by atoms with van der Waals surface area (Å²) in [6.45, 7) is 0.